The number of nitrogens with zero attached hydrogens (tertiary/aromatic N) is 1. The molecular weight excluding hydrogens is 220 g/mol. The molecule has 1 heterocycles. The van der Waals surface area contributed by atoms with Gasteiger partial charge in [0.15, 0.2) is 0 Å². The van der Waals surface area contributed by atoms with E-state index in [1.54, 1.807) is 0 Å². The number of aromatic nitrogens is 2. The van der Waals surface area contributed by atoms with Gasteiger partial charge in [0.25, 0.3) is 0 Å². The van der Waals surface area contributed by atoms with Crippen LogP contribution < -0.4 is 0 Å². The van der Waals surface area contributed by atoms with Crippen LogP contribution in [0.15, 0.2) is 12.1 Å². The Morgan fingerprint density at radius 2 is 1.89 bits per heavy atom. The van der Waals surface area contributed by atoms with E-state index in [0.29, 0.717) is 11.3 Å². The fourth-order valence-corrected chi connectivity index (χ4v) is 2.21. The highest BCUT2D eigenvalue weighted by Gasteiger charge is 2.21. The van der Waals surface area contributed by atoms with Gasteiger partial charge in [-0.05, 0) is 42.4 Å². The Morgan fingerprint density at radius 1 is 1.22 bits per heavy atom. The molecule has 1 aromatic carbocycles. The van der Waals surface area contributed by atoms with Gasteiger partial charge in [0.1, 0.15) is 5.82 Å². The molecule has 0 saturated heterocycles. The van der Waals surface area contributed by atoms with E-state index in [1.165, 1.54) is 16.6 Å². The molecule has 18 heavy (non-hydrogen) atoms. The quantitative estimate of drug-likeness (QED) is 0.833. The summed E-state index contributed by atoms with van der Waals surface area (Å²) in [5.41, 5.74) is 5.17. The average Bonchev–Trinajstić information content (AvgIpc) is 2.58. The van der Waals surface area contributed by atoms with Gasteiger partial charge in [-0.2, -0.15) is 0 Å². The lowest BCUT2D eigenvalue weighted by atomic mass is 9.80. The third kappa shape index (κ3) is 2.58. The van der Waals surface area contributed by atoms with Crippen LogP contribution in [0.5, 0.6) is 0 Å². The Morgan fingerprint density at radius 3 is 2.50 bits per heavy atom. The molecule has 0 radical (unpaired) electrons. The fraction of sp³-hybridized carbons (Fsp3) is 0.562. The maximum absolute atomic E-state index is 4.75. The highest BCUT2D eigenvalue weighted by molar-refractivity contribution is 5.79. The molecule has 2 aromatic rings. The maximum atomic E-state index is 4.75. The van der Waals surface area contributed by atoms with E-state index < -0.39 is 0 Å². The first-order chi connectivity index (χ1) is 8.27. The zero-order chi connectivity index (χ0) is 13.5. The third-order valence-electron chi connectivity index (χ3n) is 3.95. The lowest BCUT2D eigenvalue weighted by Gasteiger charge is -2.26. The van der Waals surface area contributed by atoms with E-state index in [9.17, 15) is 0 Å². The summed E-state index contributed by atoms with van der Waals surface area (Å²) in [6.45, 7) is 13.4. The van der Waals surface area contributed by atoms with Crippen LogP contribution in [0.1, 0.15) is 44.6 Å². The van der Waals surface area contributed by atoms with Gasteiger partial charge < -0.3 is 4.98 Å². The van der Waals surface area contributed by atoms with Crippen molar-refractivity contribution in [3.05, 3.63) is 29.1 Å². The summed E-state index contributed by atoms with van der Waals surface area (Å²) in [5.74, 6) is 1.72. The van der Waals surface area contributed by atoms with Crippen molar-refractivity contribution >= 4 is 11.0 Å². The zero-order valence-corrected chi connectivity index (χ0v) is 12.4. The Hall–Kier alpha value is -1.31. The molecule has 0 bridgehead atoms. The maximum Gasteiger partial charge on any atom is 0.107 e. The first-order valence-corrected chi connectivity index (χ1v) is 6.73. The Balaban J connectivity index is 2.34. The molecule has 0 fully saturated rings. The van der Waals surface area contributed by atoms with Crippen molar-refractivity contribution in [2.75, 3.05) is 0 Å². The number of aromatic amines is 1. The number of hydrogen-bond acceptors (Lipinski definition) is 1. The number of benzene rings is 1. The Bertz CT molecular complexity index is 558. The van der Waals surface area contributed by atoms with Crippen LogP contribution in [0, 0.1) is 25.2 Å². The van der Waals surface area contributed by atoms with Gasteiger partial charge in [-0.25, -0.2) is 4.98 Å². The summed E-state index contributed by atoms with van der Waals surface area (Å²) in [7, 11) is 0. The molecule has 1 atom stereocenters. The predicted molar refractivity (Wildman–Crippen MR) is 77.9 cm³/mol. The van der Waals surface area contributed by atoms with Crippen molar-refractivity contribution in [1.82, 2.24) is 9.97 Å². The second kappa shape index (κ2) is 4.42. The molecule has 0 aliphatic rings. The summed E-state index contributed by atoms with van der Waals surface area (Å²) >= 11 is 0. The monoisotopic (exact) mass is 244 g/mol. The number of imidazole rings is 1. The fourth-order valence-electron chi connectivity index (χ4n) is 2.21. The zero-order valence-electron chi connectivity index (χ0n) is 12.4. The molecule has 1 N–H and O–H groups in total. The van der Waals surface area contributed by atoms with Crippen molar-refractivity contribution in [2.45, 2.75) is 48.0 Å². The largest absolute Gasteiger partial charge is 0.342 e. The molecule has 1 unspecified atom stereocenters. The number of rotatable bonds is 2. The van der Waals surface area contributed by atoms with Crippen molar-refractivity contribution in [3.8, 4) is 0 Å². The smallest absolute Gasteiger partial charge is 0.107 e. The van der Waals surface area contributed by atoms with Crippen molar-refractivity contribution in [1.29, 1.82) is 0 Å². The number of hydrogen-bond donors (Lipinski definition) is 1. The van der Waals surface area contributed by atoms with Crippen LogP contribution in [-0.4, -0.2) is 9.97 Å². The number of fused-ring (bicyclic) bond motifs is 1. The van der Waals surface area contributed by atoms with Gasteiger partial charge >= 0.3 is 0 Å². The van der Waals surface area contributed by atoms with Crippen molar-refractivity contribution < 1.29 is 0 Å². The van der Waals surface area contributed by atoms with E-state index in [2.05, 4.69) is 58.7 Å². The first kappa shape index (κ1) is 13.1. The van der Waals surface area contributed by atoms with E-state index in [1.807, 2.05) is 0 Å². The van der Waals surface area contributed by atoms with Gasteiger partial charge in [0, 0.05) is 6.42 Å². The topological polar surface area (TPSA) is 28.7 Å². The molecule has 0 aliphatic heterocycles. The lowest BCUT2D eigenvalue weighted by molar-refractivity contribution is 0.257. The highest BCUT2D eigenvalue weighted by Crippen LogP contribution is 2.28. The second-order valence-electron chi connectivity index (χ2n) is 6.63. The van der Waals surface area contributed by atoms with E-state index >= 15 is 0 Å². The molecule has 0 spiro atoms. The van der Waals surface area contributed by atoms with Gasteiger partial charge in [-0.3, -0.25) is 0 Å². The van der Waals surface area contributed by atoms with E-state index in [4.69, 9.17) is 4.98 Å². The SMILES string of the molecule is Cc1cc(C)c2nc(CC(C)C(C)(C)C)[nH]c2c1. The molecule has 0 aliphatic carbocycles. The number of nitrogens with one attached hydrogen (secondary N) is 1. The lowest BCUT2D eigenvalue weighted by Crippen LogP contribution is -2.19. The molecule has 2 rings (SSSR count). The van der Waals surface area contributed by atoms with Crippen LogP contribution >= 0.6 is 0 Å². The van der Waals surface area contributed by atoms with E-state index in [-0.39, 0.29) is 0 Å². The minimum Gasteiger partial charge on any atom is -0.342 e. The molecule has 0 saturated carbocycles. The Labute approximate surface area is 110 Å². The minimum absolute atomic E-state index is 0.323. The normalized spacial score (nSPS) is 14.1. The van der Waals surface area contributed by atoms with Crippen LogP contribution in [0.3, 0.4) is 0 Å². The van der Waals surface area contributed by atoms with Crippen LogP contribution in [0.25, 0.3) is 11.0 Å². The molecule has 1 aromatic heterocycles. The average molecular weight is 244 g/mol. The molecule has 0 amide bonds. The summed E-state index contributed by atoms with van der Waals surface area (Å²) in [5, 5.41) is 0. The molecule has 2 heteroatoms. The van der Waals surface area contributed by atoms with Crippen molar-refractivity contribution in [2.24, 2.45) is 11.3 Å². The standard InChI is InChI=1S/C16H24N2/c1-10-7-11(2)15-13(8-10)17-14(18-15)9-12(3)16(4,5)6/h7-8,12H,9H2,1-6H3,(H,17,18). The summed E-state index contributed by atoms with van der Waals surface area (Å²) in [4.78, 5) is 8.22. The first-order valence-electron chi connectivity index (χ1n) is 6.73. The van der Waals surface area contributed by atoms with E-state index in [0.717, 1.165) is 17.8 Å². The minimum atomic E-state index is 0.323. The number of H-pyrrole nitrogens is 1. The van der Waals surface area contributed by atoms with Crippen LogP contribution in [-0.2, 0) is 6.42 Å². The highest BCUT2D eigenvalue weighted by atomic mass is 14.9. The van der Waals surface area contributed by atoms with Crippen LogP contribution in [0.2, 0.25) is 0 Å². The van der Waals surface area contributed by atoms with Gasteiger partial charge in [0.05, 0.1) is 11.0 Å². The van der Waals surface area contributed by atoms with Gasteiger partial charge in [-0.1, -0.05) is 33.8 Å². The van der Waals surface area contributed by atoms with Crippen molar-refractivity contribution in [3.63, 3.8) is 0 Å². The van der Waals surface area contributed by atoms with Gasteiger partial charge in [-0.15, -0.1) is 0 Å². The Kier molecular flexibility index (Phi) is 3.22. The molecule has 2 nitrogen and oxygen atoms in total. The number of aryl methyl sites for hydroxylation is 2. The van der Waals surface area contributed by atoms with Crippen LogP contribution in [0.4, 0.5) is 0 Å². The third-order valence-corrected chi connectivity index (χ3v) is 3.95. The molecule has 98 valence electrons. The summed E-state index contributed by atoms with van der Waals surface area (Å²) in [6, 6.07) is 4.38. The summed E-state index contributed by atoms with van der Waals surface area (Å²) in [6.07, 6.45) is 1.01. The van der Waals surface area contributed by atoms with Gasteiger partial charge in [0.2, 0.25) is 0 Å². The predicted octanol–water partition coefficient (Wildman–Crippen LogP) is 4.40. The summed E-state index contributed by atoms with van der Waals surface area (Å²) < 4.78 is 0. The molecular formula is C16H24N2. The second-order valence-corrected chi connectivity index (χ2v) is 6.63.